The number of carbonyl (C=O) groups is 2. The molecule has 1 amide bonds. The van der Waals surface area contributed by atoms with Crippen LogP contribution in [0.4, 0.5) is 0 Å². The first-order chi connectivity index (χ1) is 13.0. The highest BCUT2D eigenvalue weighted by molar-refractivity contribution is 5.98. The molecule has 144 valence electrons. The number of ether oxygens (including phenoxy) is 1. The van der Waals surface area contributed by atoms with Gasteiger partial charge in [0.05, 0.1) is 12.6 Å². The van der Waals surface area contributed by atoms with E-state index in [9.17, 15) is 9.59 Å². The molecule has 5 nitrogen and oxygen atoms in total. The number of hydrogen-bond acceptors (Lipinski definition) is 4. The number of nitrogens with one attached hydrogen (secondary N) is 1. The Morgan fingerprint density at radius 1 is 1.00 bits per heavy atom. The fourth-order valence-electron chi connectivity index (χ4n) is 2.85. The minimum Gasteiger partial charge on any atom is -0.494 e. The van der Waals surface area contributed by atoms with Gasteiger partial charge in [-0.15, -0.1) is 0 Å². The lowest BCUT2D eigenvalue weighted by atomic mass is 10.1. The van der Waals surface area contributed by atoms with Gasteiger partial charge in [0.25, 0.3) is 0 Å². The molecule has 0 radical (unpaired) electrons. The molecule has 0 heterocycles. The summed E-state index contributed by atoms with van der Waals surface area (Å²) in [6.45, 7) is 3.01. The lowest BCUT2D eigenvalue weighted by molar-refractivity contribution is -0.121. The van der Waals surface area contributed by atoms with Gasteiger partial charge in [0.2, 0.25) is 5.91 Å². The van der Waals surface area contributed by atoms with E-state index in [0.717, 1.165) is 11.3 Å². The van der Waals surface area contributed by atoms with Gasteiger partial charge in [-0.3, -0.25) is 9.59 Å². The second kappa shape index (κ2) is 10.5. The maximum atomic E-state index is 12.3. The van der Waals surface area contributed by atoms with Gasteiger partial charge in [0.15, 0.2) is 5.78 Å². The maximum absolute atomic E-state index is 12.3. The van der Waals surface area contributed by atoms with E-state index in [1.807, 2.05) is 51.4 Å². The quantitative estimate of drug-likeness (QED) is 0.653. The van der Waals surface area contributed by atoms with E-state index >= 15 is 0 Å². The molecule has 2 rings (SSSR count). The van der Waals surface area contributed by atoms with E-state index in [1.165, 1.54) is 0 Å². The second-order valence-electron chi connectivity index (χ2n) is 6.57. The summed E-state index contributed by atoms with van der Waals surface area (Å²) in [4.78, 5) is 26.5. The van der Waals surface area contributed by atoms with Gasteiger partial charge < -0.3 is 15.0 Å². The van der Waals surface area contributed by atoms with Gasteiger partial charge in [-0.05, 0) is 50.8 Å². The molecule has 0 bridgehead atoms. The molecule has 0 aromatic heterocycles. The molecular formula is C22H28N2O3. The average Bonchev–Trinajstić information content (AvgIpc) is 2.67. The highest BCUT2D eigenvalue weighted by atomic mass is 16.5. The van der Waals surface area contributed by atoms with Crippen molar-refractivity contribution in [1.29, 1.82) is 0 Å². The van der Waals surface area contributed by atoms with Crippen molar-refractivity contribution in [2.24, 2.45) is 0 Å². The van der Waals surface area contributed by atoms with E-state index in [1.54, 1.807) is 24.3 Å². The van der Waals surface area contributed by atoms with Gasteiger partial charge in [-0.25, -0.2) is 0 Å². The maximum Gasteiger partial charge on any atom is 0.220 e. The van der Waals surface area contributed by atoms with Crippen LogP contribution in [0.15, 0.2) is 54.6 Å². The molecule has 0 aliphatic rings. The van der Waals surface area contributed by atoms with E-state index in [0.29, 0.717) is 18.7 Å². The van der Waals surface area contributed by atoms with E-state index < -0.39 is 0 Å². The Balaban J connectivity index is 1.82. The number of nitrogens with zero attached hydrogens (tertiary/aromatic N) is 1. The van der Waals surface area contributed by atoms with Crippen LogP contribution in [0.5, 0.6) is 5.75 Å². The number of hydrogen-bond donors (Lipinski definition) is 1. The molecule has 0 aliphatic carbocycles. The predicted molar refractivity (Wildman–Crippen MR) is 107 cm³/mol. The summed E-state index contributed by atoms with van der Waals surface area (Å²) < 4.78 is 5.37. The third-order valence-electron chi connectivity index (χ3n) is 4.37. The summed E-state index contributed by atoms with van der Waals surface area (Å²) in [5, 5.41) is 2.94. The Morgan fingerprint density at radius 2 is 1.67 bits per heavy atom. The topological polar surface area (TPSA) is 58.6 Å². The molecular weight excluding hydrogens is 340 g/mol. The van der Waals surface area contributed by atoms with Crippen molar-refractivity contribution >= 4 is 11.7 Å². The largest absolute Gasteiger partial charge is 0.494 e. The molecule has 2 aromatic carbocycles. The number of benzene rings is 2. The van der Waals surface area contributed by atoms with Gasteiger partial charge >= 0.3 is 0 Å². The average molecular weight is 368 g/mol. The molecule has 0 spiro atoms. The van der Waals surface area contributed by atoms with E-state index in [2.05, 4.69) is 10.2 Å². The molecule has 2 aromatic rings. The number of amides is 1. The summed E-state index contributed by atoms with van der Waals surface area (Å²) in [6.07, 6.45) is 0.374. The third kappa shape index (κ3) is 6.53. The van der Waals surface area contributed by atoms with Crippen molar-refractivity contribution in [1.82, 2.24) is 10.2 Å². The van der Waals surface area contributed by atoms with Crippen molar-refractivity contribution < 1.29 is 14.3 Å². The summed E-state index contributed by atoms with van der Waals surface area (Å²) in [6, 6.07) is 17.2. The van der Waals surface area contributed by atoms with Crippen LogP contribution < -0.4 is 10.1 Å². The standard InChI is InChI=1S/C22H28N2O3/c1-4-27-19-12-10-18(11-13-19)21(25)14-15-22(26)23-16-20(24(2)3)17-8-6-5-7-9-17/h5-13,20H,4,14-16H2,1-3H3,(H,23,26). The van der Waals surface area contributed by atoms with Crippen LogP contribution in [0.25, 0.3) is 0 Å². The Hall–Kier alpha value is -2.66. The lowest BCUT2D eigenvalue weighted by Crippen LogP contribution is -2.34. The molecule has 1 atom stereocenters. The Kier molecular flexibility index (Phi) is 8.01. The molecule has 0 saturated heterocycles. The first-order valence-corrected chi connectivity index (χ1v) is 9.25. The number of rotatable bonds is 10. The zero-order chi connectivity index (χ0) is 19.6. The van der Waals surface area contributed by atoms with Crippen molar-refractivity contribution in [3.8, 4) is 5.75 Å². The molecule has 5 heteroatoms. The van der Waals surface area contributed by atoms with Gasteiger partial charge in [0, 0.05) is 24.9 Å². The Labute approximate surface area is 161 Å². The Bertz CT molecular complexity index is 727. The molecule has 1 N–H and O–H groups in total. The van der Waals surface area contributed by atoms with Crippen LogP contribution in [-0.4, -0.2) is 43.8 Å². The van der Waals surface area contributed by atoms with Crippen molar-refractivity contribution in [3.63, 3.8) is 0 Å². The number of ketones is 1. The summed E-state index contributed by atoms with van der Waals surface area (Å²) in [5.41, 5.74) is 1.75. The fraction of sp³-hybridized carbons (Fsp3) is 0.364. The first kappa shape index (κ1) is 20.6. The molecule has 1 unspecified atom stereocenters. The monoisotopic (exact) mass is 368 g/mol. The van der Waals surface area contributed by atoms with Crippen molar-refractivity contribution in [3.05, 3.63) is 65.7 Å². The molecule has 0 aliphatic heterocycles. The highest BCUT2D eigenvalue weighted by Crippen LogP contribution is 2.17. The smallest absolute Gasteiger partial charge is 0.220 e. The predicted octanol–water partition coefficient (Wildman–Crippen LogP) is 3.47. The third-order valence-corrected chi connectivity index (χ3v) is 4.37. The minimum atomic E-state index is -0.114. The van der Waals surface area contributed by atoms with E-state index in [-0.39, 0.29) is 30.6 Å². The van der Waals surface area contributed by atoms with Crippen LogP contribution in [0.2, 0.25) is 0 Å². The van der Waals surface area contributed by atoms with Crippen LogP contribution in [0.3, 0.4) is 0 Å². The number of likely N-dealkylation sites (N-methyl/N-ethyl adjacent to an activating group) is 1. The van der Waals surface area contributed by atoms with E-state index in [4.69, 9.17) is 4.74 Å². The second-order valence-corrected chi connectivity index (χ2v) is 6.57. The first-order valence-electron chi connectivity index (χ1n) is 9.25. The van der Waals surface area contributed by atoms with Crippen molar-refractivity contribution in [2.45, 2.75) is 25.8 Å². The van der Waals surface area contributed by atoms with Crippen LogP contribution in [-0.2, 0) is 4.79 Å². The van der Waals surface area contributed by atoms with Gasteiger partial charge in [-0.2, -0.15) is 0 Å². The lowest BCUT2D eigenvalue weighted by Gasteiger charge is -2.25. The molecule has 27 heavy (non-hydrogen) atoms. The molecule has 0 fully saturated rings. The minimum absolute atomic E-state index is 0.0413. The highest BCUT2D eigenvalue weighted by Gasteiger charge is 2.15. The summed E-state index contributed by atoms with van der Waals surface area (Å²) in [5.74, 6) is 0.583. The number of Topliss-reactive ketones (excluding diaryl/α,β-unsaturated/α-hetero) is 1. The van der Waals surface area contributed by atoms with Crippen LogP contribution >= 0.6 is 0 Å². The summed E-state index contributed by atoms with van der Waals surface area (Å²) >= 11 is 0. The SMILES string of the molecule is CCOc1ccc(C(=O)CCC(=O)NCC(c2ccccc2)N(C)C)cc1. The fourth-order valence-corrected chi connectivity index (χ4v) is 2.85. The zero-order valence-electron chi connectivity index (χ0n) is 16.3. The van der Waals surface area contributed by atoms with Crippen LogP contribution in [0.1, 0.15) is 41.7 Å². The Morgan fingerprint density at radius 3 is 2.26 bits per heavy atom. The van der Waals surface area contributed by atoms with Crippen LogP contribution in [0, 0.1) is 0 Å². The van der Waals surface area contributed by atoms with Gasteiger partial charge in [-0.1, -0.05) is 30.3 Å². The zero-order valence-corrected chi connectivity index (χ0v) is 16.3. The summed E-state index contributed by atoms with van der Waals surface area (Å²) in [7, 11) is 3.97. The van der Waals surface area contributed by atoms with Gasteiger partial charge in [0.1, 0.15) is 5.75 Å². The van der Waals surface area contributed by atoms with Crippen molar-refractivity contribution in [2.75, 3.05) is 27.2 Å². The number of carbonyl (C=O) groups excluding carboxylic acids is 2. The normalized spacial score (nSPS) is 11.9. The molecule has 0 saturated carbocycles.